The molecule has 0 unspecified atom stereocenters. The van der Waals surface area contributed by atoms with E-state index in [2.05, 4.69) is 93.9 Å². The van der Waals surface area contributed by atoms with E-state index in [-0.39, 0.29) is 12.4 Å². The summed E-state index contributed by atoms with van der Waals surface area (Å²) in [6, 6.07) is 26.8. The van der Waals surface area contributed by atoms with Crippen LogP contribution in [0.25, 0.3) is 0 Å². The molecule has 0 bridgehead atoms. The van der Waals surface area contributed by atoms with Gasteiger partial charge in [0.1, 0.15) is 11.4 Å². The van der Waals surface area contributed by atoms with Crippen LogP contribution < -0.4 is 27.6 Å². The van der Waals surface area contributed by atoms with Crippen molar-refractivity contribution < 1.29 is 17.0 Å². The second-order valence-corrected chi connectivity index (χ2v) is 8.84. The van der Waals surface area contributed by atoms with Gasteiger partial charge in [0.15, 0.2) is 0 Å². The molecule has 1 heterocycles. The van der Waals surface area contributed by atoms with Gasteiger partial charge >= 0.3 is 5.13 Å². The summed E-state index contributed by atoms with van der Waals surface area (Å²) in [6.07, 6.45) is 0. The first kappa shape index (κ1) is 24.4. The summed E-state index contributed by atoms with van der Waals surface area (Å²) in [4.78, 5) is 1.25. The molecule has 0 amide bonds. The number of nitrogens with one attached hydrogen (secondary N) is 2. The summed E-state index contributed by atoms with van der Waals surface area (Å²) >= 11 is 1.65. The van der Waals surface area contributed by atoms with Gasteiger partial charge in [-0.05, 0) is 53.6 Å². The Bertz CT molecular complexity index is 1210. The zero-order valence-electron chi connectivity index (χ0n) is 19.0. The van der Waals surface area contributed by atoms with E-state index >= 15 is 0 Å². The van der Waals surface area contributed by atoms with E-state index in [9.17, 15) is 0 Å². The van der Waals surface area contributed by atoms with Crippen LogP contribution in [0.1, 0.15) is 21.7 Å². The summed E-state index contributed by atoms with van der Waals surface area (Å²) in [6.45, 7) is 5.66. The highest BCUT2D eigenvalue weighted by Crippen LogP contribution is 2.35. The third kappa shape index (κ3) is 6.18. The number of thiazole rings is 1. The number of aromatic nitrogens is 1. The highest BCUT2D eigenvalue weighted by Gasteiger charge is 2.17. The van der Waals surface area contributed by atoms with Crippen LogP contribution in [0.15, 0.2) is 89.1 Å². The van der Waals surface area contributed by atoms with Crippen molar-refractivity contribution in [3.63, 3.8) is 0 Å². The number of benzene rings is 3. The molecule has 0 saturated carbocycles. The zero-order chi connectivity index (χ0) is 22.3. The Hall–Kier alpha value is -3.22. The molecule has 2 N–H and O–H groups in total. The molecule has 0 atom stereocenters. The van der Waals surface area contributed by atoms with E-state index < -0.39 is 0 Å². The summed E-state index contributed by atoms with van der Waals surface area (Å²) in [5.41, 5.74) is 6.41. The normalized spacial score (nSPS) is 10.8. The van der Waals surface area contributed by atoms with Gasteiger partial charge in [-0.25, -0.2) is 4.57 Å². The summed E-state index contributed by atoms with van der Waals surface area (Å²) in [7, 11) is 2.03. The van der Waals surface area contributed by atoms with Gasteiger partial charge in [-0.1, -0.05) is 66.7 Å². The van der Waals surface area contributed by atoms with Gasteiger partial charge in [-0.15, -0.1) is 0 Å². The molecular formula is C26H28ClN5S. The Morgan fingerprint density at radius 3 is 1.94 bits per heavy atom. The minimum absolute atomic E-state index is 0. The highest BCUT2D eigenvalue weighted by molar-refractivity contribution is 7.14. The average molecular weight is 478 g/mol. The van der Waals surface area contributed by atoms with Crippen molar-refractivity contribution >= 4 is 33.5 Å². The minimum Gasteiger partial charge on any atom is -1.00 e. The van der Waals surface area contributed by atoms with E-state index in [4.69, 9.17) is 0 Å². The van der Waals surface area contributed by atoms with Crippen molar-refractivity contribution in [2.75, 3.05) is 10.6 Å². The monoisotopic (exact) mass is 477 g/mol. The van der Waals surface area contributed by atoms with Crippen LogP contribution in [0.2, 0.25) is 0 Å². The average Bonchev–Trinajstić information content (AvgIpc) is 3.08. The summed E-state index contributed by atoms with van der Waals surface area (Å²) in [5, 5.41) is 17.2. The molecule has 0 spiro atoms. The number of hydrogen-bond acceptors (Lipinski definition) is 5. The SMILES string of the molecule is Cc1sc(N=Nc2cccc(NCc3ccccc3)c2NCc2ccccc2)[n+](C)c1C.[Cl-]. The van der Waals surface area contributed by atoms with E-state index in [1.165, 1.54) is 21.7 Å². The van der Waals surface area contributed by atoms with Crippen LogP contribution >= 0.6 is 11.3 Å². The van der Waals surface area contributed by atoms with Crippen molar-refractivity contribution in [1.82, 2.24) is 0 Å². The smallest absolute Gasteiger partial charge is 0.408 e. The lowest BCUT2D eigenvalue weighted by Gasteiger charge is -2.15. The van der Waals surface area contributed by atoms with Gasteiger partial charge in [-0.2, -0.15) is 0 Å². The van der Waals surface area contributed by atoms with Crippen molar-refractivity contribution in [3.05, 3.63) is 101 Å². The van der Waals surface area contributed by atoms with Crippen LogP contribution in [0.3, 0.4) is 0 Å². The number of halogens is 1. The Kier molecular flexibility index (Phi) is 8.58. The Balaban J connectivity index is 0.00000306. The number of hydrogen-bond donors (Lipinski definition) is 2. The van der Waals surface area contributed by atoms with Crippen molar-refractivity contribution in [2.45, 2.75) is 26.9 Å². The van der Waals surface area contributed by atoms with Crippen molar-refractivity contribution in [2.24, 2.45) is 17.3 Å². The third-order valence-corrected chi connectivity index (χ3v) is 6.61. The first-order valence-corrected chi connectivity index (χ1v) is 11.5. The van der Waals surface area contributed by atoms with Gasteiger partial charge in [0.2, 0.25) is 0 Å². The van der Waals surface area contributed by atoms with Crippen LogP contribution in [0.4, 0.5) is 22.2 Å². The highest BCUT2D eigenvalue weighted by atomic mass is 35.5. The quantitative estimate of drug-likeness (QED) is 0.299. The Morgan fingerprint density at radius 2 is 1.36 bits per heavy atom. The van der Waals surface area contributed by atoms with Gasteiger partial charge in [0.25, 0.3) is 0 Å². The first-order valence-electron chi connectivity index (χ1n) is 10.7. The first-order chi connectivity index (χ1) is 15.6. The topological polar surface area (TPSA) is 52.7 Å². The fourth-order valence-electron chi connectivity index (χ4n) is 3.38. The molecule has 7 heteroatoms. The third-order valence-electron chi connectivity index (χ3n) is 5.47. The number of azo groups is 1. The largest absolute Gasteiger partial charge is 1.00 e. The molecule has 3 aromatic carbocycles. The number of nitrogens with zero attached hydrogens (tertiary/aromatic N) is 3. The molecule has 5 nitrogen and oxygen atoms in total. The standard InChI is InChI=1S/C26H27N5S.ClH/c1-19-20(2)32-26(31(19)3)30-29-24-16-10-15-23(27-17-21-11-6-4-7-12-21)25(24)28-18-22-13-8-5-9-14-22;/h4-16H,17-18H2,1-3H3,(H,27,29);1H. The molecule has 0 aliphatic rings. The van der Waals surface area contributed by atoms with Crippen LogP contribution in [-0.4, -0.2) is 0 Å². The van der Waals surface area contributed by atoms with Gasteiger partial charge in [0.05, 0.1) is 28.4 Å². The van der Waals surface area contributed by atoms with E-state index in [1.54, 1.807) is 11.3 Å². The molecule has 0 saturated heterocycles. The van der Waals surface area contributed by atoms with Crippen LogP contribution in [0, 0.1) is 13.8 Å². The maximum Gasteiger partial charge on any atom is 0.408 e. The van der Waals surface area contributed by atoms with Crippen molar-refractivity contribution in [1.29, 1.82) is 0 Å². The molecule has 0 aliphatic heterocycles. The molecule has 4 rings (SSSR count). The molecule has 170 valence electrons. The lowest BCUT2D eigenvalue weighted by Crippen LogP contribution is -3.00. The Labute approximate surface area is 205 Å². The zero-order valence-corrected chi connectivity index (χ0v) is 20.6. The minimum atomic E-state index is 0. The molecule has 0 aliphatic carbocycles. The number of anilines is 2. The molecule has 4 aromatic rings. The molecule has 33 heavy (non-hydrogen) atoms. The fraction of sp³-hybridized carbons (Fsp3) is 0.192. The Morgan fingerprint density at radius 1 is 0.758 bits per heavy atom. The molecule has 1 aromatic heterocycles. The number of para-hydroxylation sites is 1. The molecule has 0 radical (unpaired) electrons. The predicted molar refractivity (Wildman–Crippen MR) is 133 cm³/mol. The van der Waals surface area contributed by atoms with Gasteiger partial charge in [-0.3, -0.25) is 0 Å². The second kappa shape index (κ2) is 11.6. The maximum absolute atomic E-state index is 4.63. The van der Waals surface area contributed by atoms with Gasteiger partial charge in [0, 0.05) is 13.1 Å². The van der Waals surface area contributed by atoms with Crippen molar-refractivity contribution in [3.8, 4) is 0 Å². The lowest BCUT2D eigenvalue weighted by molar-refractivity contribution is -0.660. The van der Waals surface area contributed by atoms with E-state index in [0.717, 1.165) is 28.7 Å². The molecular weight excluding hydrogens is 450 g/mol. The number of rotatable bonds is 8. The number of aryl methyl sites for hydroxylation is 1. The summed E-state index contributed by atoms with van der Waals surface area (Å²) in [5.74, 6) is 0. The van der Waals surface area contributed by atoms with Crippen LogP contribution in [0.5, 0.6) is 0 Å². The fourth-order valence-corrected chi connectivity index (χ4v) is 4.29. The molecule has 0 fully saturated rings. The van der Waals surface area contributed by atoms with E-state index in [0.29, 0.717) is 6.54 Å². The van der Waals surface area contributed by atoms with Gasteiger partial charge < -0.3 is 23.0 Å². The second-order valence-electron chi connectivity index (χ2n) is 7.66. The van der Waals surface area contributed by atoms with Crippen LogP contribution in [-0.2, 0) is 20.1 Å². The maximum atomic E-state index is 4.63. The lowest BCUT2D eigenvalue weighted by atomic mass is 10.1. The predicted octanol–water partition coefficient (Wildman–Crippen LogP) is 3.83. The summed E-state index contributed by atoms with van der Waals surface area (Å²) < 4.78 is 2.08. The van der Waals surface area contributed by atoms with E-state index in [1.807, 2.05) is 31.3 Å².